The molecule has 0 aromatic carbocycles. The second kappa shape index (κ2) is 8.22. The molecule has 0 fully saturated rings. The third-order valence-corrected chi connectivity index (χ3v) is 3.33. The summed E-state index contributed by atoms with van der Waals surface area (Å²) >= 11 is 1.73. The number of hydrogen-bond donors (Lipinski definition) is 1. The van der Waals surface area contributed by atoms with E-state index in [4.69, 9.17) is 9.47 Å². The van der Waals surface area contributed by atoms with E-state index >= 15 is 0 Å². The lowest BCUT2D eigenvalue weighted by atomic mass is 10.2. The second-order valence-electron chi connectivity index (χ2n) is 3.64. The first-order valence-corrected chi connectivity index (χ1v) is 6.49. The number of ether oxygens (including phenoxy) is 2. The lowest BCUT2D eigenvalue weighted by Crippen LogP contribution is -2.34. The van der Waals surface area contributed by atoms with E-state index in [9.17, 15) is 4.79 Å². The van der Waals surface area contributed by atoms with Gasteiger partial charge in [-0.15, -0.1) is 11.3 Å². The first-order chi connectivity index (χ1) is 8.26. The molecule has 5 heteroatoms. The van der Waals surface area contributed by atoms with Gasteiger partial charge in [-0.05, 0) is 24.3 Å². The molecular weight excluding hydrogens is 238 g/mol. The maximum Gasteiger partial charge on any atom is 0.220 e. The number of carbonyl (C=O) groups is 1. The molecule has 0 radical (unpaired) electrons. The molecule has 1 aromatic heterocycles. The van der Waals surface area contributed by atoms with Crippen LogP contribution >= 0.6 is 11.3 Å². The molecule has 96 valence electrons. The maximum atomic E-state index is 11.5. The van der Waals surface area contributed by atoms with E-state index in [1.807, 2.05) is 6.07 Å². The van der Waals surface area contributed by atoms with Crippen LogP contribution in [0.15, 0.2) is 17.5 Å². The fraction of sp³-hybridized carbons (Fsp3) is 0.583. The highest BCUT2D eigenvalue weighted by molar-refractivity contribution is 7.09. The number of thiophene rings is 1. The zero-order valence-electron chi connectivity index (χ0n) is 10.3. The van der Waals surface area contributed by atoms with Crippen LogP contribution in [-0.2, 0) is 20.7 Å². The van der Waals surface area contributed by atoms with Crippen LogP contribution in [0.3, 0.4) is 0 Å². The van der Waals surface area contributed by atoms with Gasteiger partial charge < -0.3 is 14.8 Å². The van der Waals surface area contributed by atoms with E-state index < -0.39 is 0 Å². The number of hydrogen-bond acceptors (Lipinski definition) is 4. The normalized spacial score (nSPS) is 10.8. The van der Waals surface area contributed by atoms with Gasteiger partial charge in [-0.3, -0.25) is 4.79 Å². The van der Waals surface area contributed by atoms with Crippen molar-refractivity contribution in [1.29, 1.82) is 0 Å². The Morgan fingerprint density at radius 1 is 1.47 bits per heavy atom. The highest BCUT2D eigenvalue weighted by Crippen LogP contribution is 2.11. The Morgan fingerprint density at radius 3 is 2.82 bits per heavy atom. The summed E-state index contributed by atoms with van der Waals surface area (Å²) in [5, 5.41) is 4.83. The molecule has 0 atom stereocenters. The first-order valence-electron chi connectivity index (χ1n) is 5.61. The fourth-order valence-corrected chi connectivity index (χ4v) is 2.18. The predicted molar refractivity (Wildman–Crippen MR) is 68.1 cm³/mol. The van der Waals surface area contributed by atoms with Gasteiger partial charge in [0.15, 0.2) is 6.29 Å². The molecule has 0 spiro atoms. The van der Waals surface area contributed by atoms with Crippen molar-refractivity contribution in [3.05, 3.63) is 22.4 Å². The molecule has 1 rings (SSSR count). The number of amides is 1. The molecule has 0 saturated carbocycles. The molecule has 4 nitrogen and oxygen atoms in total. The SMILES string of the molecule is COC(CNC(=O)CCCc1cccs1)OC. The smallest absolute Gasteiger partial charge is 0.220 e. The molecule has 0 bridgehead atoms. The Labute approximate surface area is 106 Å². The number of carbonyl (C=O) groups excluding carboxylic acids is 1. The Bertz CT molecular complexity index is 310. The molecular formula is C12H19NO3S. The average molecular weight is 257 g/mol. The summed E-state index contributed by atoms with van der Waals surface area (Å²) in [5.74, 6) is 0.0423. The Kier molecular flexibility index (Phi) is 6.84. The third kappa shape index (κ3) is 5.81. The van der Waals surface area contributed by atoms with E-state index in [1.54, 1.807) is 25.6 Å². The minimum atomic E-state index is -0.365. The van der Waals surface area contributed by atoms with Gasteiger partial charge >= 0.3 is 0 Å². The van der Waals surface area contributed by atoms with E-state index in [0.717, 1.165) is 12.8 Å². The van der Waals surface area contributed by atoms with Gasteiger partial charge in [0.25, 0.3) is 0 Å². The van der Waals surface area contributed by atoms with Crippen LogP contribution in [0.5, 0.6) is 0 Å². The Balaban J connectivity index is 2.09. The van der Waals surface area contributed by atoms with Crippen molar-refractivity contribution in [2.45, 2.75) is 25.6 Å². The van der Waals surface area contributed by atoms with Crippen molar-refractivity contribution in [3.8, 4) is 0 Å². The molecule has 0 unspecified atom stereocenters. The van der Waals surface area contributed by atoms with E-state index in [2.05, 4.69) is 16.8 Å². The molecule has 0 saturated heterocycles. The summed E-state index contributed by atoms with van der Waals surface area (Å²) in [5.41, 5.74) is 0. The van der Waals surface area contributed by atoms with Gasteiger partial charge in [0.1, 0.15) is 0 Å². The third-order valence-electron chi connectivity index (χ3n) is 2.40. The lowest BCUT2D eigenvalue weighted by molar-refractivity contribution is -0.127. The van der Waals surface area contributed by atoms with Crippen molar-refractivity contribution in [3.63, 3.8) is 0 Å². The van der Waals surface area contributed by atoms with Crippen molar-refractivity contribution in [2.75, 3.05) is 20.8 Å². The van der Waals surface area contributed by atoms with Crippen LogP contribution in [0.1, 0.15) is 17.7 Å². The number of nitrogens with one attached hydrogen (secondary N) is 1. The van der Waals surface area contributed by atoms with Crippen LogP contribution in [0, 0.1) is 0 Å². The molecule has 17 heavy (non-hydrogen) atoms. The lowest BCUT2D eigenvalue weighted by Gasteiger charge is -2.13. The summed E-state index contributed by atoms with van der Waals surface area (Å²) in [6.45, 7) is 0.394. The summed E-state index contributed by atoms with van der Waals surface area (Å²) in [4.78, 5) is 12.8. The van der Waals surface area contributed by atoms with Crippen molar-refractivity contribution < 1.29 is 14.3 Å². The predicted octanol–water partition coefficient (Wildman–Crippen LogP) is 1.81. The van der Waals surface area contributed by atoms with Crippen LogP contribution in [-0.4, -0.2) is 33.0 Å². The quantitative estimate of drug-likeness (QED) is 0.722. The van der Waals surface area contributed by atoms with Gasteiger partial charge in [-0.2, -0.15) is 0 Å². The van der Waals surface area contributed by atoms with Gasteiger partial charge in [-0.25, -0.2) is 0 Å². The average Bonchev–Trinajstić information content (AvgIpc) is 2.83. The largest absolute Gasteiger partial charge is 0.354 e. The number of methoxy groups -OCH3 is 2. The van der Waals surface area contributed by atoms with Crippen molar-refractivity contribution >= 4 is 17.2 Å². The minimum absolute atomic E-state index is 0.0423. The summed E-state index contributed by atoms with van der Waals surface area (Å²) in [6, 6.07) is 4.12. The maximum absolute atomic E-state index is 11.5. The second-order valence-corrected chi connectivity index (χ2v) is 4.67. The van der Waals surface area contributed by atoms with Gasteiger partial charge in [-0.1, -0.05) is 6.07 Å². The molecule has 0 aliphatic carbocycles. The van der Waals surface area contributed by atoms with E-state index in [0.29, 0.717) is 13.0 Å². The Morgan fingerprint density at radius 2 is 2.24 bits per heavy atom. The van der Waals surface area contributed by atoms with Crippen LogP contribution in [0.4, 0.5) is 0 Å². The van der Waals surface area contributed by atoms with E-state index in [-0.39, 0.29) is 12.2 Å². The van der Waals surface area contributed by atoms with Gasteiger partial charge in [0.2, 0.25) is 5.91 Å². The van der Waals surface area contributed by atoms with Crippen LogP contribution in [0.2, 0.25) is 0 Å². The number of aryl methyl sites for hydroxylation is 1. The van der Waals surface area contributed by atoms with Gasteiger partial charge in [0.05, 0.1) is 6.54 Å². The van der Waals surface area contributed by atoms with Crippen molar-refractivity contribution in [2.24, 2.45) is 0 Å². The van der Waals surface area contributed by atoms with E-state index in [1.165, 1.54) is 4.88 Å². The monoisotopic (exact) mass is 257 g/mol. The highest BCUT2D eigenvalue weighted by Gasteiger charge is 2.07. The zero-order chi connectivity index (χ0) is 12.5. The summed E-state index contributed by atoms with van der Waals surface area (Å²) in [6.07, 6.45) is 2.01. The molecule has 1 amide bonds. The molecule has 0 aliphatic heterocycles. The van der Waals surface area contributed by atoms with Crippen molar-refractivity contribution in [1.82, 2.24) is 5.32 Å². The fourth-order valence-electron chi connectivity index (χ4n) is 1.43. The topological polar surface area (TPSA) is 47.6 Å². The van der Waals surface area contributed by atoms with Gasteiger partial charge in [0, 0.05) is 25.5 Å². The number of rotatable bonds is 8. The highest BCUT2D eigenvalue weighted by atomic mass is 32.1. The molecule has 0 aliphatic rings. The summed E-state index contributed by atoms with van der Waals surface area (Å²) in [7, 11) is 3.11. The zero-order valence-corrected chi connectivity index (χ0v) is 11.1. The van der Waals surface area contributed by atoms with Crippen LogP contribution in [0.25, 0.3) is 0 Å². The first kappa shape index (κ1) is 14.2. The molecule has 1 heterocycles. The standard InChI is InChI=1S/C12H19NO3S/c1-15-12(16-2)9-13-11(14)7-3-5-10-6-4-8-17-10/h4,6,8,12H,3,5,7,9H2,1-2H3,(H,13,14). The molecule has 1 N–H and O–H groups in total. The molecule has 1 aromatic rings. The minimum Gasteiger partial charge on any atom is -0.354 e. The Hall–Kier alpha value is -0.910. The van der Waals surface area contributed by atoms with Crippen LogP contribution < -0.4 is 5.32 Å². The summed E-state index contributed by atoms with van der Waals surface area (Å²) < 4.78 is 9.96.